The Labute approximate surface area is 133 Å². The Morgan fingerprint density at radius 2 is 2.04 bits per heavy atom. The van der Waals surface area contributed by atoms with Crippen LogP contribution in [-0.2, 0) is 11.2 Å². The van der Waals surface area contributed by atoms with Crippen LogP contribution >= 0.6 is 0 Å². The van der Waals surface area contributed by atoms with Gasteiger partial charge >= 0.3 is 0 Å². The molecule has 0 saturated heterocycles. The van der Waals surface area contributed by atoms with Crippen LogP contribution in [0.2, 0.25) is 0 Å². The zero-order valence-corrected chi connectivity index (χ0v) is 12.7. The summed E-state index contributed by atoms with van der Waals surface area (Å²) in [5.41, 5.74) is 2.55. The van der Waals surface area contributed by atoms with E-state index in [-0.39, 0.29) is 5.91 Å². The number of anilines is 1. The summed E-state index contributed by atoms with van der Waals surface area (Å²) < 4.78 is 10.4. The first-order valence-electron chi connectivity index (χ1n) is 7.16. The van der Waals surface area contributed by atoms with E-state index in [0.29, 0.717) is 12.2 Å². The molecule has 5 heteroatoms. The molecule has 0 aliphatic carbocycles. The topological polar surface area (TPSA) is 64.4 Å². The number of benzene rings is 2. The van der Waals surface area contributed by atoms with E-state index >= 15 is 0 Å². The molecule has 0 unspecified atom stereocenters. The summed E-state index contributed by atoms with van der Waals surface area (Å²) in [6.07, 6.45) is 3.33. The third-order valence-corrected chi connectivity index (χ3v) is 3.38. The Morgan fingerprint density at radius 1 is 1.22 bits per heavy atom. The van der Waals surface area contributed by atoms with Crippen LogP contribution in [0.5, 0.6) is 5.75 Å². The molecule has 1 N–H and O–H groups in total. The Hall–Kier alpha value is -3.08. The number of amides is 1. The molecule has 0 spiro atoms. The number of aromatic nitrogens is 1. The zero-order chi connectivity index (χ0) is 16.1. The van der Waals surface area contributed by atoms with Crippen molar-refractivity contribution >= 4 is 11.6 Å². The number of nitrogens with one attached hydrogen (secondary N) is 1. The van der Waals surface area contributed by atoms with Gasteiger partial charge in [0.25, 0.3) is 0 Å². The van der Waals surface area contributed by atoms with E-state index < -0.39 is 0 Å². The summed E-state index contributed by atoms with van der Waals surface area (Å²) in [5.74, 6) is 1.36. The van der Waals surface area contributed by atoms with E-state index in [1.807, 2.05) is 48.5 Å². The van der Waals surface area contributed by atoms with Crippen molar-refractivity contribution in [3.63, 3.8) is 0 Å². The molecular weight excluding hydrogens is 292 g/mol. The SMILES string of the molecule is COc1cccc(CC(=O)Nc2ccc(-c3cnco3)cc2)c1. The monoisotopic (exact) mass is 308 g/mol. The number of hydrogen-bond acceptors (Lipinski definition) is 4. The van der Waals surface area contributed by atoms with Gasteiger partial charge in [-0.05, 0) is 42.0 Å². The van der Waals surface area contributed by atoms with Crippen LogP contribution in [-0.4, -0.2) is 18.0 Å². The lowest BCUT2D eigenvalue weighted by molar-refractivity contribution is -0.115. The van der Waals surface area contributed by atoms with Gasteiger partial charge in [-0.2, -0.15) is 0 Å². The van der Waals surface area contributed by atoms with E-state index in [2.05, 4.69) is 10.3 Å². The molecule has 23 heavy (non-hydrogen) atoms. The van der Waals surface area contributed by atoms with Crippen LogP contribution in [0.4, 0.5) is 5.69 Å². The molecule has 0 bridgehead atoms. The molecular formula is C18H16N2O3. The van der Waals surface area contributed by atoms with Crippen molar-refractivity contribution in [3.05, 3.63) is 66.7 Å². The first-order valence-corrected chi connectivity index (χ1v) is 7.16. The lowest BCUT2D eigenvalue weighted by Gasteiger charge is -2.07. The van der Waals surface area contributed by atoms with Crippen LogP contribution < -0.4 is 10.1 Å². The first kappa shape index (κ1) is 14.8. The van der Waals surface area contributed by atoms with Crippen molar-refractivity contribution in [1.29, 1.82) is 0 Å². The van der Waals surface area contributed by atoms with Crippen LogP contribution in [0.1, 0.15) is 5.56 Å². The number of methoxy groups -OCH3 is 1. The fraction of sp³-hybridized carbons (Fsp3) is 0.111. The predicted octanol–water partition coefficient (Wildman–Crippen LogP) is 3.53. The maximum atomic E-state index is 12.1. The van der Waals surface area contributed by atoms with Gasteiger partial charge < -0.3 is 14.5 Å². The summed E-state index contributed by atoms with van der Waals surface area (Å²) in [5, 5.41) is 2.87. The average Bonchev–Trinajstić information content (AvgIpc) is 3.10. The number of hydrogen-bond donors (Lipinski definition) is 1. The van der Waals surface area contributed by atoms with E-state index in [1.54, 1.807) is 13.3 Å². The minimum absolute atomic E-state index is 0.0781. The van der Waals surface area contributed by atoms with Gasteiger partial charge in [0.15, 0.2) is 12.2 Å². The van der Waals surface area contributed by atoms with Crippen molar-refractivity contribution in [2.75, 3.05) is 12.4 Å². The molecule has 3 rings (SSSR count). The summed E-state index contributed by atoms with van der Waals surface area (Å²) in [7, 11) is 1.61. The molecule has 0 fully saturated rings. The molecule has 1 heterocycles. The van der Waals surface area contributed by atoms with Gasteiger partial charge in [-0.3, -0.25) is 4.79 Å². The van der Waals surface area contributed by atoms with Gasteiger partial charge in [-0.1, -0.05) is 12.1 Å². The van der Waals surface area contributed by atoms with E-state index in [9.17, 15) is 4.79 Å². The fourth-order valence-corrected chi connectivity index (χ4v) is 2.25. The normalized spacial score (nSPS) is 10.3. The van der Waals surface area contributed by atoms with Crippen LogP contribution in [0.3, 0.4) is 0 Å². The van der Waals surface area contributed by atoms with Crippen molar-refractivity contribution < 1.29 is 13.9 Å². The second kappa shape index (κ2) is 6.79. The highest BCUT2D eigenvalue weighted by atomic mass is 16.5. The van der Waals surface area contributed by atoms with Gasteiger partial charge in [0.05, 0.1) is 19.7 Å². The lowest BCUT2D eigenvalue weighted by atomic mass is 10.1. The maximum absolute atomic E-state index is 12.1. The Balaban J connectivity index is 1.63. The van der Waals surface area contributed by atoms with E-state index in [4.69, 9.17) is 9.15 Å². The molecule has 0 radical (unpaired) electrons. The van der Waals surface area contributed by atoms with E-state index in [0.717, 1.165) is 22.6 Å². The fourth-order valence-electron chi connectivity index (χ4n) is 2.25. The third-order valence-electron chi connectivity index (χ3n) is 3.38. The van der Waals surface area contributed by atoms with Crippen molar-refractivity contribution in [2.24, 2.45) is 0 Å². The predicted molar refractivity (Wildman–Crippen MR) is 87.3 cm³/mol. The number of rotatable bonds is 5. The number of carbonyl (C=O) groups excluding carboxylic acids is 1. The summed E-state index contributed by atoms with van der Waals surface area (Å²) in [6, 6.07) is 14.9. The average molecular weight is 308 g/mol. The molecule has 2 aromatic carbocycles. The number of carbonyl (C=O) groups is 1. The number of nitrogens with zero attached hydrogens (tertiary/aromatic N) is 1. The zero-order valence-electron chi connectivity index (χ0n) is 12.7. The minimum Gasteiger partial charge on any atom is -0.497 e. The van der Waals surface area contributed by atoms with Crippen LogP contribution in [0.15, 0.2) is 65.5 Å². The molecule has 1 aromatic heterocycles. The summed E-state index contributed by atoms with van der Waals surface area (Å²) >= 11 is 0. The summed E-state index contributed by atoms with van der Waals surface area (Å²) in [6.45, 7) is 0. The van der Waals surface area contributed by atoms with Gasteiger partial charge in [0.2, 0.25) is 5.91 Å². The van der Waals surface area contributed by atoms with Crippen molar-refractivity contribution in [1.82, 2.24) is 4.98 Å². The molecule has 5 nitrogen and oxygen atoms in total. The number of oxazole rings is 1. The highest BCUT2D eigenvalue weighted by Gasteiger charge is 2.06. The molecule has 0 atom stereocenters. The van der Waals surface area contributed by atoms with Crippen molar-refractivity contribution in [2.45, 2.75) is 6.42 Å². The first-order chi connectivity index (χ1) is 11.2. The second-order valence-electron chi connectivity index (χ2n) is 5.02. The maximum Gasteiger partial charge on any atom is 0.228 e. The highest BCUT2D eigenvalue weighted by molar-refractivity contribution is 5.92. The van der Waals surface area contributed by atoms with Gasteiger partial charge in [0.1, 0.15) is 5.75 Å². The lowest BCUT2D eigenvalue weighted by Crippen LogP contribution is -2.14. The molecule has 1 amide bonds. The Bertz CT molecular complexity index is 780. The Kier molecular flexibility index (Phi) is 4.38. The smallest absolute Gasteiger partial charge is 0.228 e. The van der Waals surface area contributed by atoms with Gasteiger partial charge in [0, 0.05) is 11.3 Å². The summed E-state index contributed by atoms with van der Waals surface area (Å²) in [4.78, 5) is 16.0. The molecule has 0 aliphatic rings. The minimum atomic E-state index is -0.0781. The third kappa shape index (κ3) is 3.77. The largest absolute Gasteiger partial charge is 0.497 e. The second-order valence-corrected chi connectivity index (χ2v) is 5.02. The van der Waals surface area contributed by atoms with Gasteiger partial charge in [-0.15, -0.1) is 0 Å². The Morgan fingerprint density at radius 3 is 2.74 bits per heavy atom. The molecule has 0 aliphatic heterocycles. The standard InChI is InChI=1S/C18H16N2O3/c1-22-16-4-2-3-13(9-16)10-18(21)20-15-7-5-14(6-8-15)17-11-19-12-23-17/h2-9,11-12H,10H2,1H3,(H,20,21). The van der Waals surface area contributed by atoms with Crippen molar-refractivity contribution in [3.8, 4) is 17.1 Å². The van der Waals surface area contributed by atoms with Gasteiger partial charge in [-0.25, -0.2) is 4.98 Å². The number of ether oxygens (including phenoxy) is 1. The highest BCUT2D eigenvalue weighted by Crippen LogP contribution is 2.21. The van der Waals surface area contributed by atoms with E-state index in [1.165, 1.54) is 6.39 Å². The van der Waals surface area contributed by atoms with Crippen LogP contribution in [0, 0.1) is 0 Å². The van der Waals surface area contributed by atoms with Crippen LogP contribution in [0.25, 0.3) is 11.3 Å². The molecule has 3 aromatic rings. The molecule has 0 saturated carbocycles. The molecule has 116 valence electrons. The quantitative estimate of drug-likeness (QED) is 0.783.